The van der Waals surface area contributed by atoms with Crippen molar-refractivity contribution in [2.75, 3.05) is 31.5 Å². The Morgan fingerprint density at radius 3 is 2.83 bits per heavy atom. The first-order chi connectivity index (χ1) is 8.81. The second-order valence-corrected chi connectivity index (χ2v) is 4.97. The van der Waals surface area contributed by atoms with Crippen LogP contribution in [0.2, 0.25) is 0 Å². The van der Waals surface area contributed by atoms with E-state index in [-0.39, 0.29) is 0 Å². The van der Waals surface area contributed by atoms with Gasteiger partial charge in [0, 0.05) is 37.6 Å². The zero-order chi connectivity index (χ0) is 12.8. The highest BCUT2D eigenvalue weighted by atomic mass is 15.2. The highest BCUT2D eigenvalue weighted by Gasteiger charge is 2.21. The Balaban J connectivity index is 1.83. The molecule has 2 heterocycles. The van der Waals surface area contributed by atoms with Crippen LogP contribution in [0.15, 0.2) is 12.4 Å². The third-order valence-electron chi connectivity index (χ3n) is 3.35. The summed E-state index contributed by atoms with van der Waals surface area (Å²) in [6.45, 7) is 7.02. The standard InChI is InChI=1S/C13H23N5/c1-2-4-15-13-16-7-12(8-17-13)10-18-5-3-11(6-14)9-18/h7-8,11H,2-6,9-10,14H2,1H3,(H,15,16,17). The Hall–Kier alpha value is -1.20. The molecule has 18 heavy (non-hydrogen) atoms. The van der Waals surface area contributed by atoms with Crippen molar-refractivity contribution < 1.29 is 0 Å². The van der Waals surface area contributed by atoms with Crippen molar-refractivity contribution in [3.8, 4) is 0 Å². The predicted molar refractivity (Wildman–Crippen MR) is 73.3 cm³/mol. The summed E-state index contributed by atoms with van der Waals surface area (Å²) in [6, 6.07) is 0. The van der Waals surface area contributed by atoms with E-state index >= 15 is 0 Å². The lowest BCUT2D eigenvalue weighted by molar-refractivity contribution is 0.317. The molecule has 1 unspecified atom stereocenters. The summed E-state index contributed by atoms with van der Waals surface area (Å²) in [5.74, 6) is 1.39. The van der Waals surface area contributed by atoms with E-state index in [9.17, 15) is 0 Å². The summed E-state index contributed by atoms with van der Waals surface area (Å²) in [5, 5.41) is 3.18. The SMILES string of the molecule is CCCNc1ncc(CN2CCC(CN)C2)cn1. The first-order valence-corrected chi connectivity index (χ1v) is 6.79. The molecule has 0 spiro atoms. The zero-order valence-electron chi connectivity index (χ0n) is 11.1. The second kappa shape index (κ2) is 6.66. The Morgan fingerprint density at radius 1 is 1.44 bits per heavy atom. The van der Waals surface area contributed by atoms with Crippen LogP contribution < -0.4 is 11.1 Å². The third kappa shape index (κ3) is 3.65. The van der Waals surface area contributed by atoms with Crippen LogP contribution in [0, 0.1) is 5.92 Å². The van der Waals surface area contributed by atoms with Crippen LogP contribution in [-0.4, -0.2) is 41.0 Å². The Morgan fingerprint density at radius 2 is 2.22 bits per heavy atom. The van der Waals surface area contributed by atoms with E-state index in [0.717, 1.165) is 45.1 Å². The Bertz CT molecular complexity index is 351. The quantitative estimate of drug-likeness (QED) is 0.789. The molecule has 1 aliphatic rings. The minimum absolute atomic E-state index is 0.663. The molecule has 1 atom stereocenters. The highest BCUT2D eigenvalue weighted by molar-refractivity contribution is 5.24. The van der Waals surface area contributed by atoms with E-state index in [0.29, 0.717) is 5.92 Å². The molecule has 0 aromatic carbocycles. The smallest absolute Gasteiger partial charge is 0.222 e. The van der Waals surface area contributed by atoms with Gasteiger partial charge in [0.15, 0.2) is 0 Å². The molecule has 0 radical (unpaired) electrons. The fourth-order valence-electron chi connectivity index (χ4n) is 2.27. The lowest BCUT2D eigenvalue weighted by atomic mass is 10.1. The molecule has 2 rings (SSSR count). The van der Waals surface area contributed by atoms with E-state index in [2.05, 4.69) is 27.1 Å². The number of rotatable bonds is 6. The summed E-state index contributed by atoms with van der Waals surface area (Å²) < 4.78 is 0. The molecule has 0 saturated carbocycles. The number of anilines is 1. The van der Waals surface area contributed by atoms with E-state index < -0.39 is 0 Å². The van der Waals surface area contributed by atoms with Crippen molar-refractivity contribution in [1.82, 2.24) is 14.9 Å². The number of aromatic nitrogens is 2. The van der Waals surface area contributed by atoms with Crippen LogP contribution in [0.3, 0.4) is 0 Å². The molecule has 1 aromatic heterocycles. The van der Waals surface area contributed by atoms with Gasteiger partial charge < -0.3 is 11.1 Å². The van der Waals surface area contributed by atoms with Gasteiger partial charge in [-0.25, -0.2) is 9.97 Å². The number of nitrogens with one attached hydrogen (secondary N) is 1. The normalized spacial score (nSPS) is 20.2. The van der Waals surface area contributed by atoms with Crippen LogP contribution in [0.4, 0.5) is 5.95 Å². The van der Waals surface area contributed by atoms with E-state index in [1.165, 1.54) is 12.0 Å². The summed E-state index contributed by atoms with van der Waals surface area (Å²) in [7, 11) is 0. The van der Waals surface area contributed by atoms with Gasteiger partial charge in [-0.15, -0.1) is 0 Å². The van der Waals surface area contributed by atoms with Crippen LogP contribution in [-0.2, 0) is 6.54 Å². The first-order valence-electron chi connectivity index (χ1n) is 6.79. The van der Waals surface area contributed by atoms with Crippen molar-refractivity contribution >= 4 is 5.95 Å². The minimum atomic E-state index is 0.663. The van der Waals surface area contributed by atoms with Gasteiger partial charge in [-0.05, 0) is 31.8 Å². The molecule has 0 bridgehead atoms. The molecule has 5 nitrogen and oxygen atoms in total. The van der Waals surface area contributed by atoms with Gasteiger partial charge in [-0.3, -0.25) is 4.90 Å². The van der Waals surface area contributed by atoms with Gasteiger partial charge in [-0.1, -0.05) is 6.92 Å². The number of likely N-dealkylation sites (tertiary alicyclic amines) is 1. The van der Waals surface area contributed by atoms with Crippen molar-refractivity contribution in [2.45, 2.75) is 26.3 Å². The summed E-state index contributed by atoms with van der Waals surface area (Å²) in [6.07, 6.45) is 6.13. The molecular formula is C13H23N5. The molecule has 0 amide bonds. The number of nitrogens with zero attached hydrogens (tertiary/aromatic N) is 3. The first kappa shape index (κ1) is 13.2. The second-order valence-electron chi connectivity index (χ2n) is 4.97. The maximum atomic E-state index is 5.70. The molecule has 5 heteroatoms. The van der Waals surface area contributed by atoms with Crippen molar-refractivity contribution in [3.05, 3.63) is 18.0 Å². The van der Waals surface area contributed by atoms with Gasteiger partial charge in [0.2, 0.25) is 5.95 Å². The molecule has 100 valence electrons. The minimum Gasteiger partial charge on any atom is -0.354 e. The molecule has 1 aromatic rings. The maximum absolute atomic E-state index is 5.70. The van der Waals surface area contributed by atoms with Gasteiger partial charge >= 0.3 is 0 Å². The molecule has 1 saturated heterocycles. The van der Waals surface area contributed by atoms with E-state index in [1.54, 1.807) is 0 Å². The fourth-order valence-corrected chi connectivity index (χ4v) is 2.27. The Kier molecular flexibility index (Phi) is 4.90. The number of hydrogen-bond donors (Lipinski definition) is 2. The Labute approximate surface area is 109 Å². The van der Waals surface area contributed by atoms with Crippen LogP contribution >= 0.6 is 0 Å². The highest BCUT2D eigenvalue weighted by Crippen LogP contribution is 2.17. The molecule has 3 N–H and O–H groups in total. The average Bonchev–Trinajstić information content (AvgIpc) is 2.86. The molecule has 0 aliphatic carbocycles. The largest absolute Gasteiger partial charge is 0.354 e. The van der Waals surface area contributed by atoms with Crippen LogP contribution in [0.1, 0.15) is 25.3 Å². The molecule has 1 aliphatic heterocycles. The van der Waals surface area contributed by atoms with Gasteiger partial charge in [0.25, 0.3) is 0 Å². The fraction of sp³-hybridized carbons (Fsp3) is 0.692. The van der Waals surface area contributed by atoms with Gasteiger partial charge in [0.1, 0.15) is 0 Å². The van der Waals surface area contributed by atoms with Gasteiger partial charge in [0.05, 0.1) is 0 Å². The van der Waals surface area contributed by atoms with Crippen molar-refractivity contribution in [3.63, 3.8) is 0 Å². The summed E-state index contributed by atoms with van der Waals surface area (Å²) in [4.78, 5) is 11.1. The number of hydrogen-bond acceptors (Lipinski definition) is 5. The van der Waals surface area contributed by atoms with Crippen molar-refractivity contribution in [1.29, 1.82) is 0 Å². The van der Waals surface area contributed by atoms with Crippen LogP contribution in [0.5, 0.6) is 0 Å². The van der Waals surface area contributed by atoms with E-state index in [1.807, 2.05) is 12.4 Å². The van der Waals surface area contributed by atoms with E-state index in [4.69, 9.17) is 5.73 Å². The average molecular weight is 249 g/mol. The number of nitrogens with two attached hydrogens (primary N) is 1. The lowest BCUT2D eigenvalue weighted by Crippen LogP contribution is -2.23. The molecular weight excluding hydrogens is 226 g/mol. The maximum Gasteiger partial charge on any atom is 0.222 e. The van der Waals surface area contributed by atoms with Gasteiger partial charge in [-0.2, -0.15) is 0 Å². The van der Waals surface area contributed by atoms with Crippen molar-refractivity contribution in [2.24, 2.45) is 11.7 Å². The third-order valence-corrected chi connectivity index (χ3v) is 3.35. The zero-order valence-corrected chi connectivity index (χ0v) is 11.1. The lowest BCUT2D eigenvalue weighted by Gasteiger charge is -2.15. The summed E-state index contributed by atoms with van der Waals surface area (Å²) >= 11 is 0. The predicted octanol–water partition coefficient (Wildman–Crippen LogP) is 1.08. The monoisotopic (exact) mass is 249 g/mol. The summed E-state index contributed by atoms with van der Waals surface area (Å²) in [5.41, 5.74) is 6.87. The molecule has 1 fully saturated rings. The topological polar surface area (TPSA) is 67.1 Å². The van der Waals surface area contributed by atoms with Crippen LogP contribution in [0.25, 0.3) is 0 Å².